The van der Waals surface area contributed by atoms with E-state index in [4.69, 9.17) is 5.11 Å². The molecule has 1 fully saturated rings. The predicted octanol–water partition coefficient (Wildman–Crippen LogP) is 1.66. The third-order valence-electron chi connectivity index (χ3n) is 3.43. The van der Waals surface area contributed by atoms with Crippen molar-refractivity contribution in [2.75, 3.05) is 26.7 Å². The van der Waals surface area contributed by atoms with Crippen LogP contribution in [0.1, 0.15) is 19.8 Å². The fourth-order valence-electron chi connectivity index (χ4n) is 2.25. The van der Waals surface area contributed by atoms with E-state index in [1.807, 2.05) is 13.0 Å². The van der Waals surface area contributed by atoms with Crippen molar-refractivity contribution in [3.05, 3.63) is 12.7 Å². The zero-order valence-corrected chi connectivity index (χ0v) is 11.1. The largest absolute Gasteiger partial charge is 0.481 e. The number of likely N-dealkylation sites (tertiary alicyclic amines) is 1. The van der Waals surface area contributed by atoms with Crippen molar-refractivity contribution < 1.29 is 14.7 Å². The van der Waals surface area contributed by atoms with Gasteiger partial charge < -0.3 is 14.9 Å². The van der Waals surface area contributed by atoms with Crippen LogP contribution in [0.3, 0.4) is 0 Å². The van der Waals surface area contributed by atoms with E-state index in [-0.39, 0.29) is 11.9 Å². The van der Waals surface area contributed by atoms with E-state index < -0.39 is 11.9 Å². The van der Waals surface area contributed by atoms with Gasteiger partial charge in [0, 0.05) is 26.7 Å². The van der Waals surface area contributed by atoms with Crippen molar-refractivity contribution in [3.63, 3.8) is 0 Å². The zero-order valence-electron chi connectivity index (χ0n) is 11.1. The minimum atomic E-state index is -0.813. The molecule has 102 valence electrons. The van der Waals surface area contributed by atoms with Crippen molar-refractivity contribution >= 4 is 12.0 Å². The van der Waals surface area contributed by atoms with E-state index in [2.05, 4.69) is 6.58 Å². The number of carbonyl (C=O) groups is 2. The predicted molar refractivity (Wildman–Crippen MR) is 69.3 cm³/mol. The second-order valence-electron chi connectivity index (χ2n) is 4.96. The number of nitrogens with zero attached hydrogens (tertiary/aromatic N) is 2. The lowest BCUT2D eigenvalue weighted by molar-refractivity contribution is -0.142. The number of rotatable bonds is 5. The highest BCUT2D eigenvalue weighted by atomic mass is 16.4. The smallest absolute Gasteiger partial charge is 0.319 e. The fraction of sp³-hybridized carbons (Fsp3) is 0.692. The zero-order chi connectivity index (χ0) is 13.7. The highest BCUT2D eigenvalue weighted by Gasteiger charge is 2.37. The summed E-state index contributed by atoms with van der Waals surface area (Å²) in [7, 11) is 1.75. The normalized spacial score (nSPS) is 22.9. The van der Waals surface area contributed by atoms with Crippen molar-refractivity contribution in [2.45, 2.75) is 19.8 Å². The lowest BCUT2D eigenvalue weighted by atomic mass is 9.99. The maximum atomic E-state index is 12.1. The topological polar surface area (TPSA) is 60.9 Å². The molecule has 5 heteroatoms. The first kappa shape index (κ1) is 14.5. The fourth-order valence-corrected chi connectivity index (χ4v) is 2.25. The molecule has 0 radical (unpaired) electrons. The molecule has 5 nitrogen and oxygen atoms in total. The van der Waals surface area contributed by atoms with Gasteiger partial charge in [-0.05, 0) is 18.8 Å². The third kappa shape index (κ3) is 3.48. The molecule has 0 aromatic rings. The first-order chi connectivity index (χ1) is 8.47. The van der Waals surface area contributed by atoms with Crippen LogP contribution in [-0.4, -0.2) is 53.6 Å². The molecule has 1 saturated heterocycles. The summed E-state index contributed by atoms with van der Waals surface area (Å²) < 4.78 is 0. The Morgan fingerprint density at radius 1 is 1.50 bits per heavy atom. The van der Waals surface area contributed by atoms with Gasteiger partial charge in [-0.25, -0.2) is 4.79 Å². The van der Waals surface area contributed by atoms with E-state index >= 15 is 0 Å². The van der Waals surface area contributed by atoms with E-state index in [0.29, 0.717) is 19.6 Å². The lowest BCUT2D eigenvalue weighted by Crippen LogP contribution is -2.40. The summed E-state index contributed by atoms with van der Waals surface area (Å²) in [5.41, 5.74) is 0. The van der Waals surface area contributed by atoms with Crippen LogP contribution >= 0.6 is 0 Å². The van der Waals surface area contributed by atoms with Crippen LogP contribution in [0.2, 0.25) is 0 Å². The summed E-state index contributed by atoms with van der Waals surface area (Å²) in [6, 6.07) is -0.0744. The van der Waals surface area contributed by atoms with Crippen molar-refractivity contribution in [3.8, 4) is 0 Å². The molecule has 1 heterocycles. The standard InChI is InChI=1S/C13H22N2O3/c1-4-5-6-7-14(3)13(18)15-8-10(2)11(9-15)12(16)17/h4,10-11H,1,5-9H2,2-3H3,(H,16,17)/t10-,11-/m1/s1. The average Bonchev–Trinajstić information content (AvgIpc) is 2.70. The molecule has 0 aliphatic carbocycles. The van der Waals surface area contributed by atoms with Gasteiger partial charge in [-0.3, -0.25) is 4.79 Å². The number of carboxylic acid groups (broad SMARTS) is 1. The summed E-state index contributed by atoms with van der Waals surface area (Å²) in [6.45, 7) is 7.04. The Morgan fingerprint density at radius 2 is 2.17 bits per heavy atom. The Bertz CT molecular complexity index is 330. The Labute approximate surface area is 108 Å². The minimum absolute atomic E-state index is 0.0213. The van der Waals surface area contributed by atoms with Crippen LogP contribution in [0.25, 0.3) is 0 Å². The van der Waals surface area contributed by atoms with Gasteiger partial charge in [0.15, 0.2) is 0 Å². The Kier molecular flexibility index (Phi) is 5.19. The van der Waals surface area contributed by atoms with Crippen LogP contribution < -0.4 is 0 Å². The molecule has 0 unspecified atom stereocenters. The van der Waals surface area contributed by atoms with Gasteiger partial charge in [0.05, 0.1) is 5.92 Å². The summed E-state index contributed by atoms with van der Waals surface area (Å²) in [4.78, 5) is 26.4. The third-order valence-corrected chi connectivity index (χ3v) is 3.43. The lowest BCUT2D eigenvalue weighted by Gasteiger charge is -2.24. The van der Waals surface area contributed by atoms with E-state index in [9.17, 15) is 9.59 Å². The number of carbonyl (C=O) groups excluding carboxylic acids is 1. The van der Waals surface area contributed by atoms with E-state index in [0.717, 1.165) is 12.8 Å². The number of urea groups is 1. The van der Waals surface area contributed by atoms with Gasteiger partial charge in [0.25, 0.3) is 0 Å². The van der Waals surface area contributed by atoms with Gasteiger partial charge in [-0.2, -0.15) is 0 Å². The molecular weight excluding hydrogens is 232 g/mol. The summed E-state index contributed by atoms with van der Waals surface area (Å²) in [5.74, 6) is -1.23. The SMILES string of the molecule is C=CCCCN(C)C(=O)N1C[C@@H](C)[C@H](C(=O)O)C1. The highest BCUT2D eigenvalue weighted by molar-refractivity contribution is 5.77. The van der Waals surface area contributed by atoms with Crippen LogP contribution in [-0.2, 0) is 4.79 Å². The molecule has 0 aromatic heterocycles. The number of unbranched alkanes of at least 4 members (excludes halogenated alkanes) is 1. The van der Waals surface area contributed by atoms with E-state index in [1.54, 1.807) is 16.8 Å². The van der Waals surface area contributed by atoms with Gasteiger partial charge in [0.2, 0.25) is 0 Å². The Morgan fingerprint density at radius 3 is 2.67 bits per heavy atom. The van der Waals surface area contributed by atoms with Gasteiger partial charge in [-0.1, -0.05) is 13.0 Å². The first-order valence-corrected chi connectivity index (χ1v) is 6.31. The first-order valence-electron chi connectivity index (χ1n) is 6.31. The summed E-state index contributed by atoms with van der Waals surface area (Å²) in [5, 5.41) is 9.03. The van der Waals surface area contributed by atoms with Crippen molar-refractivity contribution in [2.24, 2.45) is 11.8 Å². The quantitative estimate of drug-likeness (QED) is 0.599. The van der Waals surface area contributed by atoms with Gasteiger partial charge >= 0.3 is 12.0 Å². The number of amides is 2. The molecule has 2 atom stereocenters. The number of hydrogen-bond donors (Lipinski definition) is 1. The van der Waals surface area contributed by atoms with Crippen LogP contribution in [0.5, 0.6) is 0 Å². The molecule has 2 amide bonds. The van der Waals surface area contributed by atoms with Crippen molar-refractivity contribution in [1.29, 1.82) is 0 Å². The molecule has 1 aliphatic heterocycles. The average molecular weight is 254 g/mol. The Balaban J connectivity index is 2.48. The number of hydrogen-bond acceptors (Lipinski definition) is 2. The second kappa shape index (κ2) is 6.42. The number of aliphatic carboxylic acids is 1. The number of allylic oxidation sites excluding steroid dienone is 1. The Hall–Kier alpha value is -1.52. The molecule has 0 spiro atoms. The second-order valence-corrected chi connectivity index (χ2v) is 4.96. The van der Waals surface area contributed by atoms with Crippen LogP contribution in [0.15, 0.2) is 12.7 Å². The molecule has 0 bridgehead atoms. The molecule has 0 saturated carbocycles. The maximum Gasteiger partial charge on any atom is 0.319 e. The van der Waals surface area contributed by atoms with Crippen LogP contribution in [0.4, 0.5) is 4.79 Å². The maximum absolute atomic E-state index is 12.1. The molecule has 18 heavy (non-hydrogen) atoms. The van der Waals surface area contributed by atoms with Crippen LogP contribution in [0, 0.1) is 11.8 Å². The summed E-state index contributed by atoms with van der Waals surface area (Å²) in [6.07, 6.45) is 3.60. The monoisotopic (exact) mass is 254 g/mol. The van der Waals surface area contributed by atoms with E-state index in [1.165, 1.54) is 0 Å². The number of carboxylic acids is 1. The van der Waals surface area contributed by atoms with Crippen molar-refractivity contribution in [1.82, 2.24) is 9.80 Å². The minimum Gasteiger partial charge on any atom is -0.481 e. The van der Waals surface area contributed by atoms with Gasteiger partial charge in [-0.15, -0.1) is 6.58 Å². The molecule has 1 N–H and O–H groups in total. The van der Waals surface area contributed by atoms with Gasteiger partial charge in [0.1, 0.15) is 0 Å². The molecule has 1 aliphatic rings. The molecule has 0 aromatic carbocycles. The molecular formula is C13H22N2O3. The molecule has 1 rings (SSSR count). The highest BCUT2D eigenvalue weighted by Crippen LogP contribution is 2.23. The summed E-state index contributed by atoms with van der Waals surface area (Å²) >= 11 is 0.